The number of hydrogen-bond acceptors (Lipinski definition) is 6. The van der Waals surface area contributed by atoms with E-state index in [1.807, 2.05) is 6.08 Å². The molecule has 0 heterocycles. The standard InChI is InChI=1S/C48H87N2O6P/c1-3-5-7-9-11-13-15-17-19-21-23-25-27-29-31-33-35-37-39-41-47(51)46(45-56-57(53,54)55-44-43-49)50-48(52)42-40-38-36-34-32-30-28-26-24-22-20-18-16-14-12-10-8-6-4-2/h12,14,18,20,23-26,31,33,39,41,46-47,51H,3-11,13,15-17,19,21-22,27-30,32,34-38,40,42-45,49H2,1-2H3,(H,50,52)(H,53,54)/b14-12-,20-18-,25-23+,26-24-,33-31+,41-39+. The Labute approximate surface area is 350 Å². The molecule has 5 N–H and O–H groups in total. The van der Waals surface area contributed by atoms with Crippen molar-refractivity contribution >= 4 is 13.7 Å². The van der Waals surface area contributed by atoms with Gasteiger partial charge >= 0.3 is 7.82 Å². The number of hydrogen-bond donors (Lipinski definition) is 4. The van der Waals surface area contributed by atoms with Gasteiger partial charge in [0.1, 0.15) is 0 Å². The van der Waals surface area contributed by atoms with Gasteiger partial charge in [-0.1, -0.05) is 177 Å². The van der Waals surface area contributed by atoms with Crippen LogP contribution in [0.25, 0.3) is 0 Å². The predicted octanol–water partition coefficient (Wildman–Crippen LogP) is 13.2. The van der Waals surface area contributed by atoms with E-state index in [1.165, 1.54) is 103 Å². The van der Waals surface area contributed by atoms with E-state index in [9.17, 15) is 19.4 Å². The lowest BCUT2D eigenvalue weighted by Crippen LogP contribution is -2.45. The number of phosphoric acid groups is 1. The van der Waals surface area contributed by atoms with Crippen molar-refractivity contribution in [3.63, 3.8) is 0 Å². The minimum atomic E-state index is -4.36. The van der Waals surface area contributed by atoms with Gasteiger partial charge < -0.3 is 21.1 Å². The van der Waals surface area contributed by atoms with E-state index < -0.39 is 20.0 Å². The van der Waals surface area contributed by atoms with Gasteiger partial charge in [-0.05, 0) is 83.5 Å². The van der Waals surface area contributed by atoms with E-state index in [4.69, 9.17) is 14.8 Å². The molecule has 57 heavy (non-hydrogen) atoms. The first-order chi connectivity index (χ1) is 27.9. The maximum atomic E-state index is 12.8. The Bertz CT molecular complexity index is 1120. The molecule has 330 valence electrons. The maximum Gasteiger partial charge on any atom is 0.472 e. The molecule has 0 aliphatic heterocycles. The highest BCUT2D eigenvalue weighted by Gasteiger charge is 2.26. The Balaban J connectivity index is 4.31. The Morgan fingerprint density at radius 3 is 1.51 bits per heavy atom. The Morgan fingerprint density at radius 1 is 0.579 bits per heavy atom. The molecule has 3 unspecified atom stereocenters. The summed E-state index contributed by atoms with van der Waals surface area (Å²) in [6.45, 7) is 4.06. The van der Waals surface area contributed by atoms with E-state index in [-0.39, 0.29) is 25.7 Å². The van der Waals surface area contributed by atoms with E-state index in [2.05, 4.69) is 79.9 Å². The molecule has 3 atom stereocenters. The minimum Gasteiger partial charge on any atom is -0.387 e. The number of aliphatic hydroxyl groups excluding tert-OH is 1. The van der Waals surface area contributed by atoms with Crippen molar-refractivity contribution in [2.45, 2.75) is 206 Å². The summed E-state index contributed by atoms with van der Waals surface area (Å²) in [5.41, 5.74) is 5.37. The van der Waals surface area contributed by atoms with Crippen LogP contribution in [-0.2, 0) is 18.4 Å². The second-order valence-corrected chi connectivity index (χ2v) is 16.7. The number of allylic oxidation sites excluding steroid dienone is 11. The van der Waals surface area contributed by atoms with E-state index in [0.29, 0.717) is 6.42 Å². The number of nitrogens with one attached hydrogen (secondary N) is 1. The average Bonchev–Trinajstić information content (AvgIpc) is 3.20. The highest BCUT2D eigenvalue weighted by Crippen LogP contribution is 2.43. The van der Waals surface area contributed by atoms with Crippen LogP contribution >= 0.6 is 7.82 Å². The third kappa shape index (κ3) is 41.9. The number of carbonyl (C=O) groups is 1. The van der Waals surface area contributed by atoms with Crippen LogP contribution in [0, 0.1) is 0 Å². The fourth-order valence-electron chi connectivity index (χ4n) is 6.23. The monoisotopic (exact) mass is 819 g/mol. The van der Waals surface area contributed by atoms with Crippen LogP contribution in [0.2, 0.25) is 0 Å². The molecule has 0 aromatic heterocycles. The van der Waals surface area contributed by atoms with Crippen molar-refractivity contribution in [3.05, 3.63) is 72.9 Å². The topological polar surface area (TPSA) is 131 Å². The summed E-state index contributed by atoms with van der Waals surface area (Å²) in [5.74, 6) is -0.223. The quantitative estimate of drug-likeness (QED) is 0.0274. The molecule has 0 aliphatic rings. The molecular formula is C48H87N2O6P. The Morgan fingerprint density at radius 2 is 0.982 bits per heavy atom. The van der Waals surface area contributed by atoms with Crippen molar-refractivity contribution in [1.29, 1.82) is 0 Å². The molecule has 9 heteroatoms. The van der Waals surface area contributed by atoms with Crippen molar-refractivity contribution in [2.75, 3.05) is 19.8 Å². The van der Waals surface area contributed by atoms with Gasteiger partial charge in [-0.15, -0.1) is 0 Å². The van der Waals surface area contributed by atoms with E-state index in [1.54, 1.807) is 6.08 Å². The Kier molecular flexibility index (Phi) is 41.9. The van der Waals surface area contributed by atoms with E-state index >= 15 is 0 Å². The van der Waals surface area contributed by atoms with Gasteiger partial charge in [-0.25, -0.2) is 4.57 Å². The molecule has 0 radical (unpaired) electrons. The van der Waals surface area contributed by atoms with Gasteiger partial charge in [0.15, 0.2) is 0 Å². The lowest BCUT2D eigenvalue weighted by molar-refractivity contribution is -0.123. The number of nitrogens with two attached hydrogens (primary N) is 1. The first kappa shape index (κ1) is 54.9. The number of carbonyl (C=O) groups excluding carboxylic acids is 1. The van der Waals surface area contributed by atoms with Gasteiger partial charge in [0.2, 0.25) is 5.91 Å². The molecule has 1 amide bonds. The minimum absolute atomic E-state index is 0.0661. The van der Waals surface area contributed by atoms with Crippen molar-refractivity contribution in [1.82, 2.24) is 5.32 Å². The third-order valence-electron chi connectivity index (χ3n) is 9.73. The summed E-state index contributed by atoms with van der Waals surface area (Å²) in [6.07, 6.45) is 56.7. The molecular weight excluding hydrogens is 732 g/mol. The highest BCUT2D eigenvalue weighted by atomic mass is 31.2. The average molecular weight is 819 g/mol. The lowest BCUT2D eigenvalue weighted by Gasteiger charge is -2.23. The molecule has 0 bridgehead atoms. The van der Waals surface area contributed by atoms with Gasteiger partial charge in [-0.3, -0.25) is 13.8 Å². The van der Waals surface area contributed by atoms with Crippen LogP contribution in [0.4, 0.5) is 0 Å². The largest absolute Gasteiger partial charge is 0.472 e. The maximum absolute atomic E-state index is 12.8. The predicted molar refractivity (Wildman–Crippen MR) is 244 cm³/mol. The number of rotatable bonds is 42. The van der Waals surface area contributed by atoms with Crippen LogP contribution in [0.3, 0.4) is 0 Å². The van der Waals surface area contributed by atoms with Crippen LogP contribution < -0.4 is 11.1 Å². The lowest BCUT2D eigenvalue weighted by atomic mass is 10.1. The molecule has 0 saturated carbocycles. The van der Waals surface area contributed by atoms with Crippen LogP contribution in [0.5, 0.6) is 0 Å². The number of phosphoric ester groups is 1. The summed E-state index contributed by atoms with van der Waals surface area (Å²) in [6, 6.07) is -0.894. The van der Waals surface area contributed by atoms with Gasteiger partial charge in [-0.2, -0.15) is 0 Å². The molecule has 0 saturated heterocycles. The SMILES string of the molecule is CCCCC/C=C\C/C=C\C/C=C\CCCCCCCCC(=O)NC(COP(=O)(O)OCCN)C(O)/C=C/CC/C=C/CC/C=C/CCCCCCCCCCC. The highest BCUT2D eigenvalue weighted by molar-refractivity contribution is 7.47. The summed E-state index contributed by atoms with van der Waals surface area (Å²) < 4.78 is 22.1. The molecule has 0 aliphatic carbocycles. The molecule has 0 aromatic rings. The summed E-state index contributed by atoms with van der Waals surface area (Å²) >= 11 is 0. The number of aliphatic hydroxyl groups is 1. The molecule has 0 rings (SSSR count). The molecule has 0 spiro atoms. The second-order valence-electron chi connectivity index (χ2n) is 15.2. The van der Waals surface area contributed by atoms with Crippen LogP contribution in [0.1, 0.15) is 194 Å². The van der Waals surface area contributed by atoms with Crippen LogP contribution in [-0.4, -0.2) is 47.8 Å². The molecule has 0 aromatic carbocycles. The summed E-state index contributed by atoms with van der Waals surface area (Å²) in [4.78, 5) is 22.7. The fourth-order valence-corrected chi connectivity index (χ4v) is 6.99. The zero-order chi connectivity index (χ0) is 41.8. The Hall–Kier alpha value is -2.06. The summed E-state index contributed by atoms with van der Waals surface area (Å²) in [5, 5.41) is 13.7. The normalized spacial score (nSPS) is 14.7. The van der Waals surface area contributed by atoms with Gasteiger partial charge in [0.25, 0.3) is 0 Å². The smallest absolute Gasteiger partial charge is 0.387 e. The zero-order valence-electron chi connectivity index (χ0n) is 36.6. The molecule has 0 fully saturated rings. The first-order valence-electron chi connectivity index (χ1n) is 23.1. The second kappa shape index (κ2) is 43.5. The van der Waals surface area contributed by atoms with Crippen LogP contribution in [0.15, 0.2) is 72.9 Å². The summed E-state index contributed by atoms with van der Waals surface area (Å²) in [7, 11) is -4.36. The van der Waals surface area contributed by atoms with E-state index in [0.717, 1.165) is 70.6 Å². The molecule has 8 nitrogen and oxygen atoms in total. The van der Waals surface area contributed by atoms with Crippen molar-refractivity contribution in [3.8, 4) is 0 Å². The van der Waals surface area contributed by atoms with Crippen molar-refractivity contribution < 1.29 is 28.4 Å². The first-order valence-corrected chi connectivity index (χ1v) is 24.6. The number of amides is 1. The fraction of sp³-hybridized carbons (Fsp3) is 0.729. The van der Waals surface area contributed by atoms with Gasteiger partial charge in [0.05, 0.1) is 25.4 Å². The number of unbranched alkanes of at least 4 members (excludes halogenated alkanes) is 20. The van der Waals surface area contributed by atoms with Crippen molar-refractivity contribution in [2.24, 2.45) is 5.73 Å². The zero-order valence-corrected chi connectivity index (χ0v) is 37.4. The van der Waals surface area contributed by atoms with Gasteiger partial charge in [0, 0.05) is 13.0 Å². The third-order valence-corrected chi connectivity index (χ3v) is 10.7.